The number of hydrogen-bond acceptors (Lipinski definition) is 2. The van der Waals surface area contributed by atoms with Gasteiger partial charge in [0.2, 0.25) is 0 Å². The standard InChI is InChI=1S/C22H23NO2/c1-15-11-12-21(16(2)13-15)25-17(3)22(24)23-14-19-9-6-8-18-7-4-5-10-20(18)19/h4-13,17H,14H2,1-3H3,(H,23,24). The van der Waals surface area contributed by atoms with Crippen molar-refractivity contribution in [1.29, 1.82) is 0 Å². The first kappa shape index (κ1) is 17.0. The zero-order chi connectivity index (χ0) is 17.8. The van der Waals surface area contributed by atoms with Crippen LogP contribution in [0.25, 0.3) is 10.8 Å². The topological polar surface area (TPSA) is 38.3 Å². The minimum Gasteiger partial charge on any atom is -0.481 e. The normalized spacial score (nSPS) is 12.0. The second-order valence-electron chi connectivity index (χ2n) is 6.39. The number of rotatable bonds is 5. The van der Waals surface area contributed by atoms with Gasteiger partial charge in [0, 0.05) is 6.54 Å². The number of aryl methyl sites for hydroxylation is 2. The summed E-state index contributed by atoms with van der Waals surface area (Å²) in [5.74, 6) is 0.631. The molecule has 0 bridgehead atoms. The Morgan fingerprint density at radius 3 is 2.60 bits per heavy atom. The van der Waals surface area contributed by atoms with Gasteiger partial charge in [-0.15, -0.1) is 0 Å². The number of amides is 1. The molecule has 128 valence electrons. The molecule has 3 nitrogen and oxygen atoms in total. The molecule has 1 unspecified atom stereocenters. The Kier molecular flexibility index (Phi) is 5.03. The van der Waals surface area contributed by atoms with Gasteiger partial charge in [-0.05, 0) is 48.7 Å². The first-order chi connectivity index (χ1) is 12.0. The highest BCUT2D eigenvalue weighted by molar-refractivity contribution is 5.86. The number of benzene rings is 3. The van der Waals surface area contributed by atoms with Crippen LogP contribution in [0.1, 0.15) is 23.6 Å². The lowest BCUT2D eigenvalue weighted by atomic mass is 10.0. The number of carbonyl (C=O) groups is 1. The second kappa shape index (κ2) is 7.39. The summed E-state index contributed by atoms with van der Waals surface area (Å²) >= 11 is 0. The summed E-state index contributed by atoms with van der Waals surface area (Å²) in [5, 5.41) is 5.31. The fourth-order valence-corrected chi connectivity index (χ4v) is 2.95. The third kappa shape index (κ3) is 4.00. The van der Waals surface area contributed by atoms with Crippen LogP contribution in [0.3, 0.4) is 0 Å². The molecular weight excluding hydrogens is 310 g/mol. The van der Waals surface area contributed by atoms with Gasteiger partial charge in [-0.25, -0.2) is 0 Å². The van der Waals surface area contributed by atoms with Crippen LogP contribution >= 0.6 is 0 Å². The van der Waals surface area contributed by atoms with Crippen LogP contribution in [0, 0.1) is 13.8 Å². The average molecular weight is 333 g/mol. The lowest BCUT2D eigenvalue weighted by molar-refractivity contribution is -0.127. The third-order valence-corrected chi connectivity index (χ3v) is 4.34. The van der Waals surface area contributed by atoms with Crippen molar-refractivity contribution in [2.45, 2.75) is 33.4 Å². The van der Waals surface area contributed by atoms with E-state index < -0.39 is 6.10 Å². The molecule has 1 amide bonds. The van der Waals surface area contributed by atoms with Crippen molar-refractivity contribution in [3.05, 3.63) is 77.4 Å². The minimum absolute atomic E-state index is 0.118. The number of fused-ring (bicyclic) bond motifs is 1. The molecule has 1 N–H and O–H groups in total. The van der Waals surface area contributed by atoms with Crippen LogP contribution in [0.2, 0.25) is 0 Å². The number of hydrogen-bond donors (Lipinski definition) is 1. The zero-order valence-electron chi connectivity index (χ0n) is 14.9. The molecule has 0 spiro atoms. The van der Waals surface area contributed by atoms with Gasteiger partial charge in [0.25, 0.3) is 5.91 Å². The Morgan fingerprint density at radius 2 is 1.80 bits per heavy atom. The van der Waals surface area contributed by atoms with Crippen molar-refractivity contribution in [2.24, 2.45) is 0 Å². The lowest BCUT2D eigenvalue weighted by Crippen LogP contribution is -2.36. The summed E-state index contributed by atoms with van der Waals surface area (Å²) in [7, 11) is 0. The molecule has 0 aliphatic heterocycles. The molecule has 3 aromatic carbocycles. The Balaban J connectivity index is 1.65. The average Bonchev–Trinajstić information content (AvgIpc) is 2.61. The Morgan fingerprint density at radius 1 is 1.04 bits per heavy atom. The van der Waals surface area contributed by atoms with Crippen molar-refractivity contribution in [3.63, 3.8) is 0 Å². The first-order valence-corrected chi connectivity index (χ1v) is 8.53. The van der Waals surface area contributed by atoms with Crippen LogP contribution in [-0.2, 0) is 11.3 Å². The number of ether oxygens (including phenoxy) is 1. The molecule has 3 aromatic rings. The molecule has 1 atom stereocenters. The molecule has 0 radical (unpaired) electrons. The maximum absolute atomic E-state index is 12.4. The van der Waals surface area contributed by atoms with Crippen molar-refractivity contribution in [3.8, 4) is 5.75 Å². The Labute approximate surface area is 148 Å². The SMILES string of the molecule is Cc1ccc(OC(C)C(=O)NCc2cccc3ccccc23)c(C)c1. The van der Waals surface area contributed by atoms with Gasteiger partial charge in [-0.1, -0.05) is 60.2 Å². The fraction of sp³-hybridized carbons (Fsp3) is 0.227. The van der Waals surface area contributed by atoms with E-state index in [1.807, 2.05) is 50.2 Å². The molecule has 0 aliphatic rings. The van der Waals surface area contributed by atoms with Crippen LogP contribution in [0.15, 0.2) is 60.7 Å². The van der Waals surface area contributed by atoms with Crippen molar-refractivity contribution in [2.75, 3.05) is 0 Å². The Hall–Kier alpha value is -2.81. The molecule has 0 saturated carbocycles. The van der Waals surface area contributed by atoms with Crippen LogP contribution in [0.4, 0.5) is 0 Å². The summed E-state index contributed by atoms with van der Waals surface area (Å²) in [6, 6.07) is 20.3. The number of nitrogens with one attached hydrogen (secondary N) is 1. The van der Waals surface area contributed by atoms with Crippen molar-refractivity contribution < 1.29 is 9.53 Å². The van der Waals surface area contributed by atoms with E-state index in [4.69, 9.17) is 4.74 Å². The van der Waals surface area contributed by atoms with Crippen molar-refractivity contribution in [1.82, 2.24) is 5.32 Å². The molecule has 0 heterocycles. The molecule has 0 aliphatic carbocycles. The van der Waals surface area contributed by atoms with E-state index in [0.717, 1.165) is 22.3 Å². The Bertz CT molecular complexity index is 896. The zero-order valence-corrected chi connectivity index (χ0v) is 14.9. The predicted molar refractivity (Wildman–Crippen MR) is 102 cm³/mol. The van der Waals surface area contributed by atoms with Crippen molar-refractivity contribution >= 4 is 16.7 Å². The minimum atomic E-state index is -0.545. The van der Waals surface area contributed by atoms with E-state index in [1.54, 1.807) is 6.92 Å². The summed E-state index contributed by atoms with van der Waals surface area (Å²) in [6.45, 7) is 6.29. The number of carbonyl (C=O) groups excluding carboxylic acids is 1. The first-order valence-electron chi connectivity index (χ1n) is 8.53. The monoisotopic (exact) mass is 333 g/mol. The lowest BCUT2D eigenvalue weighted by Gasteiger charge is -2.17. The molecular formula is C22H23NO2. The summed E-state index contributed by atoms with van der Waals surface area (Å²) in [5.41, 5.74) is 3.32. The molecule has 0 aromatic heterocycles. The van der Waals surface area contributed by atoms with E-state index in [0.29, 0.717) is 6.54 Å². The summed E-state index contributed by atoms with van der Waals surface area (Å²) in [6.07, 6.45) is -0.545. The highest BCUT2D eigenvalue weighted by atomic mass is 16.5. The van der Waals surface area contributed by atoms with E-state index in [-0.39, 0.29) is 5.91 Å². The summed E-state index contributed by atoms with van der Waals surface area (Å²) in [4.78, 5) is 12.4. The van der Waals surface area contributed by atoms with E-state index >= 15 is 0 Å². The third-order valence-electron chi connectivity index (χ3n) is 4.34. The van der Waals surface area contributed by atoms with E-state index in [1.165, 1.54) is 10.9 Å². The molecule has 0 fully saturated rings. The quantitative estimate of drug-likeness (QED) is 0.744. The second-order valence-corrected chi connectivity index (χ2v) is 6.39. The van der Waals surface area contributed by atoms with Crippen LogP contribution < -0.4 is 10.1 Å². The smallest absolute Gasteiger partial charge is 0.261 e. The predicted octanol–water partition coefficient (Wildman–Crippen LogP) is 4.54. The van der Waals surface area contributed by atoms with Crippen LogP contribution in [0.5, 0.6) is 5.75 Å². The molecule has 0 saturated heterocycles. The highest BCUT2D eigenvalue weighted by Crippen LogP contribution is 2.21. The largest absolute Gasteiger partial charge is 0.481 e. The maximum atomic E-state index is 12.4. The van der Waals surface area contributed by atoms with Gasteiger partial charge in [0.05, 0.1) is 0 Å². The van der Waals surface area contributed by atoms with Gasteiger partial charge >= 0.3 is 0 Å². The van der Waals surface area contributed by atoms with Crippen LogP contribution in [-0.4, -0.2) is 12.0 Å². The fourth-order valence-electron chi connectivity index (χ4n) is 2.95. The summed E-state index contributed by atoms with van der Waals surface area (Å²) < 4.78 is 5.83. The van der Waals surface area contributed by atoms with E-state index in [2.05, 4.69) is 29.6 Å². The molecule has 3 rings (SSSR count). The van der Waals surface area contributed by atoms with E-state index in [9.17, 15) is 4.79 Å². The van der Waals surface area contributed by atoms with Gasteiger partial charge < -0.3 is 10.1 Å². The van der Waals surface area contributed by atoms with Gasteiger partial charge in [0.15, 0.2) is 6.10 Å². The maximum Gasteiger partial charge on any atom is 0.261 e. The van der Waals surface area contributed by atoms with Gasteiger partial charge in [-0.2, -0.15) is 0 Å². The molecule has 3 heteroatoms. The molecule has 25 heavy (non-hydrogen) atoms. The van der Waals surface area contributed by atoms with Gasteiger partial charge in [0.1, 0.15) is 5.75 Å². The van der Waals surface area contributed by atoms with Gasteiger partial charge in [-0.3, -0.25) is 4.79 Å². The highest BCUT2D eigenvalue weighted by Gasteiger charge is 2.15.